The van der Waals surface area contributed by atoms with Crippen LogP contribution in [0, 0.1) is 23.2 Å². The number of Topliss-reactive ketones (excluding diaryl/α,β-unsaturated/α-hetero) is 2. The molecule has 0 bridgehead atoms. The predicted molar refractivity (Wildman–Crippen MR) is 151 cm³/mol. The fraction of sp³-hybridized carbons (Fsp3) is 0.594. The summed E-state index contributed by atoms with van der Waals surface area (Å²) in [4.78, 5) is 40.2. The molecular formula is C32H46O6. The Morgan fingerprint density at radius 2 is 1.71 bits per heavy atom. The highest BCUT2D eigenvalue weighted by Crippen LogP contribution is 2.54. The van der Waals surface area contributed by atoms with Crippen molar-refractivity contribution in [1.29, 1.82) is 0 Å². The van der Waals surface area contributed by atoms with E-state index in [1.54, 1.807) is 6.92 Å². The van der Waals surface area contributed by atoms with Gasteiger partial charge in [0, 0.05) is 11.5 Å². The molecule has 6 nitrogen and oxygen atoms in total. The molecule has 5 atom stereocenters. The van der Waals surface area contributed by atoms with Crippen molar-refractivity contribution in [3.05, 3.63) is 58.1 Å². The molecule has 1 aliphatic heterocycles. The molecule has 0 spiro atoms. The second kappa shape index (κ2) is 12.8. The predicted octanol–water partition coefficient (Wildman–Crippen LogP) is 7.43. The van der Waals surface area contributed by atoms with Gasteiger partial charge in [-0.25, -0.2) is 0 Å². The molecule has 0 radical (unpaired) electrons. The summed E-state index contributed by atoms with van der Waals surface area (Å²) in [6.07, 6.45) is 5.64. The fourth-order valence-corrected chi connectivity index (χ4v) is 5.46. The van der Waals surface area contributed by atoms with Gasteiger partial charge in [0.05, 0.1) is 23.3 Å². The number of hydrogen-bond donors (Lipinski definition) is 2. The van der Waals surface area contributed by atoms with Gasteiger partial charge in [-0.3, -0.25) is 14.4 Å². The number of carbonyl (C=O) groups excluding carboxylic acids is 2. The quantitative estimate of drug-likeness (QED) is 0.256. The van der Waals surface area contributed by atoms with Gasteiger partial charge in [0.2, 0.25) is 0 Å². The van der Waals surface area contributed by atoms with Gasteiger partial charge in [0.15, 0.2) is 11.6 Å². The number of carboxylic acids is 1. The third kappa shape index (κ3) is 6.57. The monoisotopic (exact) mass is 526 g/mol. The molecule has 0 unspecified atom stereocenters. The lowest BCUT2D eigenvalue weighted by Gasteiger charge is -2.45. The zero-order chi connectivity index (χ0) is 28.9. The van der Waals surface area contributed by atoms with Gasteiger partial charge in [-0.05, 0) is 73.1 Å². The van der Waals surface area contributed by atoms with Crippen LogP contribution in [0.5, 0.6) is 0 Å². The molecular weight excluding hydrogens is 480 g/mol. The SMILES string of the molecule is C=C(C)[C@H](CC=C(C)C)C[C@@]1(CC=C(C)C)C(=O)C([C@H](CCC)CC(=O)O)=C(O)C2=C1O[C@H](C)[C@@H](C)C2=O. The third-order valence-corrected chi connectivity index (χ3v) is 7.93. The maximum Gasteiger partial charge on any atom is 0.303 e. The Morgan fingerprint density at radius 3 is 2.21 bits per heavy atom. The molecule has 0 aromatic rings. The summed E-state index contributed by atoms with van der Waals surface area (Å²) in [7, 11) is 0. The first-order valence-electron chi connectivity index (χ1n) is 13.8. The summed E-state index contributed by atoms with van der Waals surface area (Å²) in [5, 5.41) is 21.2. The van der Waals surface area contributed by atoms with Crippen molar-refractivity contribution in [3.8, 4) is 0 Å². The molecule has 1 aliphatic carbocycles. The van der Waals surface area contributed by atoms with Gasteiger partial charge >= 0.3 is 5.97 Å². The number of allylic oxidation sites excluding steroid dienone is 8. The number of aliphatic carboxylic acids is 1. The second-order valence-corrected chi connectivity index (χ2v) is 11.7. The summed E-state index contributed by atoms with van der Waals surface area (Å²) in [6.45, 7) is 19.6. The maximum atomic E-state index is 14.7. The lowest BCUT2D eigenvalue weighted by Crippen LogP contribution is -2.48. The number of carbonyl (C=O) groups is 3. The first-order valence-corrected chi connectivity index (χ1v) is 13.8. The van der Waals surface area contributed by atoms with E-state index in [4.69, 9.17) is 4.74 Å². The first-order chi connectivity index (χ1) is 17.7. The molecule has 6 heteroatoms. The van der Waals surface area contributed by atoms with E-state index in [1.165, 1.54) is 0 Å². The van der Waals surface area contributed by atoms with Crippen molar-refractivity contribution in [2.45, 2.75) is 100 Å². The largest absolute Gasteiger partial charge is 0.507 e. The molecule has 2 aliphatic rings. The van der Waals surface area contributed by atoms with E-state index in [0.29, 0.717) is 25.7 Å². The third-order valence-electron chi connectivity index (χ3n) is 7.93. The molecule has 0 saturated heterocycles. The standard InChI is InChI=1S/C32H46O6/c1-10-11-23(16-25(33)34)26-29(36)27-28(35)21(8)22(9)38-31(27)32(30(26)37,15-14-19(4)5)17-24(20(6)7)13-12-18(2)3/h12,14,21-24,36H,6,10-11,13,15-17H2,1-5,7-9H3,(H,33,34)/t21-,22-,23-,24-,32+/m1/s1. The summed E-state index contributed by atoms with van der Waals surface area (Å²) in [5.41, 5.74) is 1.90. The van der Waals surface area contributed by atoms with Crippen LogP contribution in [-0.4, -0.2) is 33.9 Å². The molecule has 38 heavy (non-hydrogen) atoms. The normalized spacial score (nSPS) is 24.8. The highest BCUT2D eigenvalue weighted by Gasteiger charge is 2.56. The van der Waals surface area contributed by atoms with Crippen molar-refractivity contribution < 1.29 is 29.3 Å². The van der Waals surface area contributed by atoms with Gasteiger partial charge in [0.25, 0.3) is 0 Å². The summed E-state index contributed by atoms with van der Waals surface area (Å²) >= 11 is 0. The van der Waals surface area contributed by atoms with Crippen LogP contribution in [0.1, 0.15) is 93.9 Å². The fourth-order valence-electron chi connectivity index (χ4n) is 5.46. The molecule has 210 valence electrons. The lowest BCUT2D eigenvalue weighted by molar-refractivity contribution is -0.138. The molecule has 2 N–H and O–H groups in total. The molecule has 0 aromatic heterocycles. The molecule has 0 amide bonds. The minimum atomic E-state index is -1.26. The number of rotatable bonds is 12. The molecule has 1 heterocycles. The number of aliphatic hydroxyl groups is 1. The number of aliphatic hydroxyl groups excluding tert-OH is 1. The van der Waals surface area contributed by atoms with E-state index < -0.39 is 35.1 Å². The average Bonchev–Trinajstić information content (AvgIpc) is 2.80. The number of carboxylic acid groups (broad SMARTS) is 1. The van der Waals surface area contributed by atoms with Crippen molar-refractivity contribution in [1.82, 2.24) is 0 Å². The van der Waals surface area contributed by atoms with Crippen molar-refractivity contribution in [3.63, 3.8) is 0 Å². The zero-order valence-electron chi connectivity index (χ0n) is 24.4. The molecule has 0 fully saturated rings. The zero-order valence-corrected chi connectivity index (χ0v) is 24.4. The van der Waals surface area contributed by atoms with Gasteiger partial charge in [-0.15, -0.1) is 0 Å². The van der Waals surface area contributed by atoms with Crippen molar-refractivity contribution in [2.75, 3.05) is 0 Å². The van der Waals surface area contributed by atoms with Crippen LogP contribution in [0.15, 0.2) is 58.1 Å². The molecule has 2 rings (SSSR count). The lowest BCUT2D eigenvalue weighted by atomic mass is 9.61. The van der Waals surface area contributed by atoms with Gasteiger partial charge in [-0.2, -0.15) is 0 Å². The topological polar surface area (TPSA) is 101 Å². The van der Waals surface area contributed by atoms with E-state index in [9.17, 15) is 24.6 Å². The Hall–Kier alpha value is -2.89. The van der Waals surface area contributed by atoms with Gasteiger partial charge in [0.1, 0.15) is 17.6 Å². The van der Waals surface area contributed by atoms with E-state index in [0.717, 1.165) is 16.7 Å². The van der Waals surface area contributed by atoms with Crippen LogP contribution in [0.2, 0.25) is 0 Å². The number of ketones is 2. The van der Waals surface area contributed by atoms with Gasteiger partial charge in [-0.1, -0.05) is 55.7 Å². The Kier molecular flexibility index (Phi) is 10.5. The van der Waals surface area contributed by atoms with E-state index in [2.05, 4.69) is 12.7 Å². The summed E-state index contributed by atoms with van der Waals surface area (Å²) in [5.74, 6) is -3.17. The first kappa shape index (κ1) is 31.3. The average molecular weight is 527 g/mol. The number of ether oxygens (including phenoxy) is 1. The van der Waals surface area contributed by atoms with Crippen molar-refractivity contribution >= 4 is 17.5 Å². The summed E-state index contributed by atoms with van der Waals surface area (Å²) < 4.78 is 6.39. The smallest absolute Gasteiger partial charge is 0.303 e. The number of hydrogen-bond acceptors (Lipinski definition) is 5. The molecule has 0 saturated carbocycles. The van der Waals surface area contributed by atoms with Gasteiger partial charge < -0.3 is 14.9 Å². The van der Waals surface area contributed by atoms with Crippen molar-refractivity contribution in [2.24, 2.45) is 23.2 Å². The minimum Gasteiger partial charge on any atom is -0.507 e. The summed E-state index contributed by atoms with van der Waals surface area (Å²) in [6, 6.07) is 0. The Bertz CT molecular complexity index is 1090. The highest BCUT2D eigenvalue weighted by molar-refractivity contribution is 6.12. The Morgan fingerprint density at radius 1 is 1.11 bits per heavy atom. The van der Waals surface area contributed by atoms with E-state index in [-0.39, 0.29) is 47.2 Å². The Balaban J connectivity index is 2.94. The van der Waals surface area contributed by atoms with Crippen LogP contribution in [0.25, 0.3) is 0 Å². The maximum absolute atomic E-state index is 14.7. The Labute approximate surface area is 228 Å². The van der Waals surface area contributed by atoms with Crippen LogP contribution in [-0.2, 0) is 19.1 Å². The van der Waals surface area contributed by atoms with Crippen LogP contribution in [0.4, 0.5) is 0 Å². The van der Waals surface area contributed by atoms with Crippen LogP contribution < -0.4 is 0 Å². The molecule has 0 aromatic carbocycles. The van der Waals surface area contributed by atoms with Crippen LogP contribution in [0.3, 0.4) is 0 Å². The highest BCUT2D eigenvalue weighted by atomic mass is 16.5. The van der Waals surface area contributed by atoms with E-state index >= 15 is 0 Å². The van der Waals surface area contributed by atoms with Crippen LogP contribution >= 0.6 is 0 Å². The second-order valence-electron chi connectivity index (χ2n) is 11.7. The van der Waals surface area contributed by atoms with E-state index in [1.807, 2.05) is 54.5 Å². The minimum absolute atomic E-state index is 0.0431.